The van der Waals surface area contributed by atoms with Crippen LogP contribution in [-0.2, 0) is 0 Å². The quantitative estimate of drug-likeness (QED) is 0.296. The molecule has 2 aromatic carbocycles. The van der Waals surface area contributed by atoms with Gasteiger partial charge in [-0.1, -0.05) is 30.0 Å². The van der Waals surface area contributed by atoms with Gasteiger partial charge in [-0.2, -0.15) is 5.10 Å². The van der Waals surface area contributed by atoms with Gasteiger partial charge in [0.05, 0.1) is 22.5 Å². The molecule has 6 heteroatoms. The molecule has 0 atom stereocenters. The number of hydrogen-bond donors (Lipinski definition) is 2. The Labute approximate surface area is 221 Å². The average Bonchev–Trinajstić information content (AvgIpc) is 3.29. The molecule has 186 valence electrons. The first-order valence-corrected chi connectivity index (χ1v) is 14.1. The van der Waals surface area contributed by atoms with E-state index in [9.17, 15) is 4.79 Å². The summed E-state index contributed by atoms with van der Waals surface area (Å²) >= 11 is 1.63. The largest absolute Gasteiger partial charge is 0.347 e. The Morgan fingerprint density at radius 2 is 1.70 bits per heavy atom. The molecule has 2 heterocycles. The number of aromatic nitrogens is 3. The van der Waals surface area contributed by atoms with Crippen LogP contribution >= 0.6 is 11.8 Å². The van der Waals surface area contributed by atoms with Gasteiger partial charge in [0.25, 0.3) is 5.91 Å². The Kier molecular flexibility index (Phi) is 5.65. The van der Waals surface area contributed by atoms with Crippen LogP contribution in [0.4, 0.5) is 0 Å². The molecule has 4 aliphatic carbocycles. The van der Waals surface area contributed by atoms with E-state index in [1.807, 2.05) is 48.6 Å². The molecule has 2 aromatic heterocycles. The number of carbonyl (C=O) groups excluding carboxylic acids is 1. The van der Waals surface area contributed by atoms with Gasteiger partial charge >= 0.3 is 0 Å². The van der Waals surface area contributed by atoms with Gasteiger partial charge in [0, 0.05) is 26.9 Å². The Balaban J connectivity index is 1.10. The van der Waals surface area contributed by atoms with Crippen molar-refractivity contribution in [3.63, 3.8) is 0 Å². The van der Waals surface area contributed by atoms with Crippen molar-refractivity contribution in [1.82, 2.24) is 20.5 Å². The standard InChI is InChI=1S/C31H30N4OS/c36-30(33-31-17-20-13-21(18-31)15-22(14-20)19-31)26-6-1-2-7-29(26)37-24-9-10-25-27(34-35-28(25)16-24)11-8-23-5-3-4-12-32-23/h1-12,16,20-22H,13-15,17-19H2,(H,33,36)(H,34,35)/b11-8+. The molecular weight excluding hydrogens is 476 g/mol. The van der Waals surface area contributed by atoms with Crippen molar-refractivity contribution < 1.29 is 4.79 Å². The number of benzene rings is 2. The zero-order valence-electron chi connectivity index (χ0n) is 20.7. The average molecular weight is 507 g/mol. The molecule has 0 unspecified atom stereocenters. The van der Waals surface area contributed by atoms with Gasteiger partial charge in [-0.05, 0) is 111 Å². The van der Waals surface area contributed by atoms with Crippen LogP contribution in [0.15, 0.2) is 76.7 Å². The smallest absolute Gasteiger partial charge is 0.252 e. The number of aromatic amines is 1. The second-order valence-electron chi connectivity index (χ2n) is 11.2. The fourth-order valence-corrected chi connectivity index (χ4v) is 8.28. The van der Waals surface area contributed by atoms with Gasteiger partial charge in [-0.25, -0.2) is 0 Å². The van der Waals surface area contributed by atoms with Crippen LogP contribution in [0, 0.1) is 17.8 Å². The van der Waals surface area contributed by atoms with Crippen molar-refractivity contribution in [3.05, 3.63) is 83.8 Å². The molecule has 0 radical (unpaired) electrons. The second kappa shape index (κ2) is 9.18. The van der Waals surface area contributed by atoms with E-state index in [0.717, 1.165) is 74.7 Å². The van der Waals surface area contributed by atoms with Gasteiger partial charge in [-0.3, -0.25) is 14.9 Å². The summed E-state index contributed by atoms with van der Waals surface area (Å²) in [5.41, 5.74) is 3.53. The summed E-state index contributed by atoms with van der Waals surface area (Å²) in [6.45, 7) is 0. The van der Waals surface area contributed by atoms with Crippen molar-refractivity contribution >= 4 is 40.7 Å². The number of nitrogens with one attached hydrogen (secondary N) is 2. The maximum atomic E-state index is 13.6. The monoisotopic (exact) mass is 506 g/mol. The molecule has 37 heavy (non-hydrogen) atoms. The van der Waals surface area contributed by atoms with Crippen LogP contribution in [0.3, 0.4) is 0 Å². The highest BCUT2D eigenvalue weighted by Crippen LogP contribution is 2.55. The molecule has 5 nitrogen and oxygen atoms in total. The summed E-state index contributed by atoms with van der Waals surface area (Å²) in [4.78, 5) is 20.0. The number of rotatable bonds is 6. The van der Waals surface area contributed by atoms with Gasteiger partial charge in [-0.15, -0.1) is 0 Å². The zero-order valence-corrected chi connectivity index (χ0v) is 21.5. The van der Waals surface area contributed by atoms with Crippen LogP contribution in [0.2, 0.25) is 0 Å². The highest BCUT2D eigenvalue weighted by molar-refractivity contribution is 7.99. The summed E-state index contributed by atoms with van der Waals surface area (Å²) in [5, 5.41) is 12.3. The number of fused-ring (bicyclic) bond motifs is 1. The van der Waals surface area contributed by atoms with Crippen LogP contribution in [0.1, 0.15) is 60.3 Å². The molecule has 1 amide bonds. The third-order valence-corrected chi connectivity index (χ3v) is 9.51. The molecule has 4 aromatic rings. The Bertz CT molecular complexity index is 1460. The maximum absolute atomic E-state index is 13.6. The van der Waals surface area contributed by atoms with Gasteiger partial charge < -0.3 is 5.32 Å². The molecule has 0 saturated heterocycles. The number of carbonyl (C=O) groups is 1. The number of nitrogens with zero attached hydrogens (tertiary/aromatic N) is 2. The molecule has 0 spiro atoms. The summed E-state index contributed by atoms with van der Waals surface area (Å²) in [5.74, 6) is 2.50. The Morgan fingerprint density at radius 1 is 0.946 bits per heavy atom. The first-order valence-electron chi connectivity index (χ1n) is 13.3. The lowest BCUT2D eigenvalue weighted by Gasteiger charge is -2.56. The van der Waals surface area contributed by atoms with Gasteiger partial charge in [0.1, 0.15) is 0 Å². The first-order chi connectivity index (χ1) is 18.1. The first kappa shape index (κ1) is 22.8. The van der Waals surface area contributed by atoms with Gasteiger partial charge in [0.15, 0.2) is 0 Å². The SMILES string of the molecule is O=C(NC12CC3CC(CC(C3)C1)C2)c1ccccc1Sc1ccc2c(/C=C/c3ccccn3)n[nH]c2c1. The second-order valence-corrected chi connectivity index (χ2v) is 12.3. The molecule has 8 rings (SSSR count). The van der Waals surface area contributed by atoms with E-state index in [1.54, 1.807) is 18.0 Å². The van der Waals surface area contributed by atoms with E-state index in [2.05, 4.69) is 44.8 Å². The zero-order chi connectivity index (χ0) is 24.8. The minimum atomic E-state index is 0.0115. The highest BCUT2D eigenvalue weighted by Gasteiger charge is 2.51. The number of amides is 1. The van der Waals surface area contributed by atoms with E-state index < -0.39 is 0 Å². The van der Waals surface area contributed by atoms with Crippen molar-refractivity contribution in [1.29, 1.82) is 0 Å². The summed E-state index contributed by atoms with van der Waals surface area (Å²) in [6.07, 6.45) is 13.3. The minimum absolute atomic E-state index is 0.0115. The number of pyridine rings is 1. The summed E-state index contributed by atoms with van der Waals surface area (Å²) < 4.78 is 0. The lowest BCUT2D eigenvalue weighted by Crippen LogP contribution is -2.59. The van der Waals surface area contributed by atoms with Crippen molar-refractivity contribution in [2.45, 2.75) is 53.9 Å². The van der Waals surface area contributed by atoms with Crippen LogP contribution in [-0.4, -0.2) is 26.6 Å². The summed E-state index contributed by atoms with van der Waals surface area (Å²) in [7, 11) is 0. The molecule has 4 aliphatic rings. The van der Waals surface area contributed by atoms with Crippen LogP contribution < -0.4 is 5.32 Å². The summed E-state index contributed by atoms with van der Waals surface area (Å²) in [6, 6.07) is 20.2. The normalized spacial score (nSPS) is 26.2. The van der Waals surface area contributed by atoms with E-state index in [1.165, 1.54) is 19.3 Å². The third-order valence-electron chi connectivity index (χ3n) is 8.44. The van der Waals surface area contributed by atoms with E-state index in [0.29, 0.717) is 0 Å². The molecule has 2 N–H and O–H groups in total. The van der Waals surface area contributed by atoms with Crippen molar-refractivity contribution in [2.24, 2.45) is 17.8 Å². The molecule has 4 saturated carbocycles. The third kappa shape index (κ3) is 4.48. The molecule has 4 fully saturated rings. The fraction of sp³-hybridized carbons (Fsp3) is 0.323. The maximum Gasteiger partial charge on any atom is 0.252 e. The topological polar surface area (TPSA) is 70.7 Å². The van der Waals surface area contributed by atoms with Crippen molar-refractivity contribution in [2.75, 3.05) is 0 Å². The minimum Gasteiger partial charge on any atom is -0.347 e. The molecule has 0 aliphatic heterocycles. The van der Waals surface area contributed by atoms with Crippen LogP contribution in [0.25, 0.3) is 23.1 Å². The molecule has 4 bridgehead atoms. The van der Waals surface area contributed by atoms with E-state index in [4.69, 9.17) is 0 Å². The lowest BCUT2D eigenvalue weighted by molar-refractivity contribution is -0.0167. The van der Waals surface area contributed by atoms with Gasteiger partial charge in [0.2, 0.25) is 0 Å². The Hall–Kier alpha value is -3.38. The molecular formula is C31H30N4OS. The van der Waals surface area contributed by atoms with Crippen molar-refractivity contribution in [3.8, 4) is 0 Å². The number of H-pyrrole nitrogens is 1. The predicted molar refractivity (Wildman–Crippen MR) is 148 cm³/mol. The van der Waals surface area contributed by atoms with E-state index in [-0.39, 0.29) is 11.4 Å². The Morgan fingerprint density at radius 3 is 2.46 bits per heavy atom. The fourth-order valence-electron chi connectivity index (χ4n) is 7.29. The van der Waals surface area contributed by atoms with E-state index >= 15 is 0 Å². The predicted octanol–water partition coefficient (Wildman–Crippen LogP) is 6.98. The lowest BCUT2D eigenvalue weighted by atomic mass is 9.53. The highest BCUT2D eigenvalue weighted by atomic mass is 32.2. The van der Waals surface area contributed by atoms with Crippen LogP contribution in [0.5, 0.6) is 0 Å². The number of hydrogen-bond acceptors (Lipinski definition) is 4.